The van der Waals surface area contributed by atoms with Gasteiger partial charge in [0, 0.05) is 30.7 Å². The third kappa shape index (κ3) is 5.09. The highest BCUT2D eigenvalue weighted by Gasteiger charge is 2.65. The Bertz CT molecular complexity index is 1440. The Labute approximate surface area is 237 Å². The fraction of sp³-hybridized carbons (Fsp3) is 0.515. The van der Waals surface area contributed by atoms with Gasteiger partial charge in [-0.2, -0.15) is 13.2 Å². The first-order chi connectivity index (χ1) is 19.3. The van der Waals surface area contributed by atoms with Crippen LogP contribution in [-0.4, -0.2) is 36.1 Å². The summed E-state index contributed by atoms with van der Waals surface area (Å²) in [6, 6.07) is 7.29. The van der Waals surface area contributed by atoms with Crippen LogP contribution < -0.4 is 0 Å². The Morgan fingerprint density at radius 1 is 1.05 bits per heavy atom. The molecule has 0 bridgehead atoms. The number of alkyl halides is 3. The predicted molar refractivity (Wildman–Crippen MR) is 145 cm³/mol. The van der Waals surface area contributed by atoms with Crippen LogP contribution in [0, 0.1) is 34.5 Å². The molecule has 216 valence electrons. The van der Waals surface area contributed by atoms with Gasteiger partial charge in [-0.15, -0.1) is 0 Å². The highest BCUT2D eigenvalue weighted by Crippen LogP contribution is 2.69. The van der Waals surface area contributed by atoms with Gasteiger partial charge >= 0.3 is 12.1 Å². The van der Waals surface area contributed by atoms with Gasteiger partial charge in [-0.3, -0.25) is 19.2 Å². The third-order valence-electron chi connectivity index (χ3n) is 9.95. The van der Waals surface area contributed by atoms with Crippen LogP contribution in [0.1, 0.15) is 87.6 Å². The summed E-state index contributed by atoms with van der Waals surface area (Å²) in [7, 11) is 0. The zero-order valence-corrected chi connectivity index (χ0v) is 23.5. The number of esters is 1. The average Bonchev–Trinajstić information content (AvgIpc) is 3.22. The van der Waals surface area contributed by atoms with Crippen molar-refractivity contribution in [2.45, 2.75) is 77.8 Å². The Hall–Kier alpha value is -3.47. The number of ketones is 3. The number of halogens is 3. The maximum atomic E-state index is 13.8. The number of fused-ring (bicyclic) bond motifs is 4. The molecule has 0 N–H and O–H groups in total. The van der Waals surface area contributed by atoms with Gasteiger partial charge < -0.3 is 4.74 Å². The Morgan fingerprint density at radius 3 is 2.39 bits per heavy atom. The van der Waals surface area contributed by atoms with Crippen molar-refractivity contribution in [2.24, 2.45) is 22.7 Å². The molecule has 5 atom stereocenters. The van der Waals surface area contributed by atoms with Crippen LogP contribution in [-0.2, 0) is 19.1 Å². The summed E-state index contributed by atoms with van der Waals surface area (Å²) in [4.78, 5) is 49.6. The molecule has 0 spiro atoms. The van der Waals surface area contributed by atoms with Gasteiger partial charge in [0.05, 0.1) is 5.41 Å². The van der Waals surface area contributed by atoms with E-state index in [0.717, 1.165) is 30.1 Å². The molecule has 4 aliphatic carbocycles. The number of hydrogen-bond donors (Lipinski definition) is 0. The molecule has 5 rings (SSSR count). The minimum Gasteiger partial charge on any atom is -0.458 e. The molecule has 0 aromatic heterocycles. The van der Waals surface area contributed by atoms with Crippen LogP contribution in [0.15, 0.2) is 47.1 Å². The van der Waals surface area contributed by atoms with E-state index in [9.17, 15) is 32.3 Å². The second-order valence-corrected chi connectivity index (χ2v) is 12.1. The standard InChI is InChI=1S/C33H33F3O5/c1-19(37)21-4-6-22(7-5-21)27-17-31(3)28(26-10-8-23-16-24(39)9-11-25(23)30(26)27)12-13-32(31,14-15-33(34,35)36)29(40)18-41-20(2)38/h4-7,16,26-28H,8-13,17-18H2,1-3H3/t26-,27+,28-,31-,32-/m0/s1. The third-order valence-corrected chi connectivity index (χ3v) is 9.95. The van der Waals surface area contributed by atoms with Crippen LogP contribution in [0.5, 0.6) is 0 Å². The highest BCUT2D eigenvalue weighted by atomic mass is 19.4. The van der Waals surface area contributed by atoms with Crippen LogP contribution in [0.4, 0.5) is 13.2 Å². The summed E-state index contributed by atoms with van der Waals surface area (Å²) in [6.45, 7) is 3.90. The minimum absolute atomic E-state index is 0.00247. The summed E-state index contributed by atoms with van der Waals surface area (Å²) in [5, 5.41) is 0. The highest BCUT2D eigenvalue weighted by molar-refractivity contribution is 5.94. The molecule has 0 aliphatic heterocycles. The first kappa shape index (κ1) is 29.0. The molecule has 4 aliphatic rings. The van der Waals surface area contributed by atoms with Crippen LogP contribution in [0.2, 0.25) is 0 Å². The number of Topliss-reactive ketones (excluding diaryl/α,β-unsaturated/α-hetero) is 2. The fourth-order valence-electron chi connectivity index (χ4n) is 8.14. The zero-order chi connectivity index (χ0) is 29.7. The zero-order valence-electron chi connectivity index (χ0n) is 23.5. The SMILES string of the molecule is CC(=O)OCC(=O)[C@@]1(C#CC(F)(F)F)CC[C@H]2[C@@H]3CCC4=CC(=O)CCC4=C3[C@@H](c3ccc(C(C)=O)cc3)C[C@@]21C. The van der Waals surface area contributed by atoms with E-state index in [1.807, 2.05) is 19.1 Å². The fourth-order valence-corrected chi connectivity index (χ4v) is 8.14. The molecule has 5 nitrogen and oxygen atoms in total. The molecule has 8 heteroatoms. The van der Waals surface area contributed by atoms with Crippen LogP contribution in [0.3, 0.4) is 0 Å². The van der Waals surface area contributed by atoms with E-state index in [4.69, 9.17) is 4.74 Å². The van der Waals surface area contributed by atoms with Gasteiger partial charge in [0.15, 0.2) is 24.0 Å². The molecule has 0 heterocycles. The largest absolute Gasteiger partial charge is 0.458 e. The van der Waals surface area contributed by atoms with Gasteiger partial charge in [0.25, 0.3) is 0 Å². The molecule has 2 fully saturated rings. The van der Waals surface area contributed by atoms with E-state index in [1.165, 1.54) is 18.4 Å². The monoisotopic (exact) mass is 566 g/mol. The lowest BCUT2D eigenvalue weighted by molar-refractivity contribution is -0.150. The number of allylic oxidation sites excluding steroid dienone is 4. The summed E-state index contributed by atoms with van der Waals surface area (Å²) >= 11 is 0. The van der Waals surface area contributed by atoms with Crippen molar-refractivity contribution in [1.82, 2.24) is 0 Å². The topological polar surface area (TPSA) is 77.5 Å². The molecular formula is C33H33F3O5. The van der Waals surface area contributed by atoms with Crippen molar-refractivity contribution < 1.29 is 37.1 Å². The smallest absolute Gasteiger partial charge is 0.457 e. The second-order valence-electron chi connectivity index (χ2n) is 12.1. The number of ether oxygens (including phenoxy) is 1. The van der Waals surface area contributed by atoms with Crippen LogP contribution in [0.25, 0.3) is 0 Å². The number of carbonyl (C=O) groups is 4. The van der Waals surface area contributed by atoms with Crippen molar-refractivity contribution in [1.29, 1.82) is 0 Å². The molecule has 0 saturated heterocycles. The van der Waals surface area contributed by atoms with Crippen molar-refractivity contribution in [2.75, 3.05) is 6.61 Å². The lowest BCUT2D eigenvalue weighted by atomic mass is 9.48. The van der Waals surface area contributed by atoms with Crippen LogP contribution >= 0.6 is 0 Å². The number of benzene rings is 1. The molecule has 1 aromatic rings. The summed E-state index contributed by atoms with van der Waals surface area (Å²) < 4.78 is 45.5. The summed E-state index contributed by atoms with van der Waals surface area (Å²) in [6.07, 6.45) is 0.431. The van der Waals surface area contributed by atoms with E-state index in [2.05, 4.69) is 5.92 Å². The van der Waals surface area contributed by atoms with Gasteiger partial charge in [-0.25, -0.2) is 0 Å². The Kier molecular flexibility index (Phi) is 7.38. The Balaban J connectivity index is 1.69. The van der Waals surface area contributed by atoms with Gasteiger partial charge in [0.2, 0.25) is 0 Å². The van der Waals surface area contributed by atoms with E-state index in [0.29, 0.717) is 37.7 Å². The number of rotatable bonds is 5. The van der Waals surface area contributed by atoms with E-state index < -0.39 is 35.4 Å². The quantitative estimate of drug-likeness (QED) is 0.232. The molecule has 41 heavy (non-hydrogen) atoms. The maximum Gasteiger partial charge on any atom is 0.457 e. The second kappa shape index (κ2) is 10.4. The van der Waals surface area contributed by atoms with Gasteiger partial charge in [-0.1, -0.05) is 42.7 Å². The Morgan fingerprint density at radius 2 is 1.76 bits per heavy atom. The molecule has 1 aromatic carbocycles. The van der Waals surface area contributed by atoms with Gasteiger partial charge in [-0.05, 0) is 85.5 Å². The van der Waals surface area contributed by atoms with E-state index in [1.54, 1.807) is 18.2 Å². The number of hydrogen-bond acceptors (Lipinski definition) is 5. The minimum atomic E-state index is -4.79. The van der Waals surface area contributed by atoms with E-state index >= 15 is 0 Å². The van der Waals surface area contributed by atoms with Crippen molar-refractivity contribution in [3.8, 4) is 11.8 Å². The summed E-state index contributed by atoms with van der Waals surface area (Å²) in [5.74, 6) is 2.24. The molecule has 0 amide bonds. The molecule has 0 radical (unpaired) electrons. The summed E-state index contributed by atoms with van der Waals surface area (Å²) in [5.41, 5.74) is 2.29. The van der Waals surface area contributed by atoms with Crippen molar-refractivity contribution >= 4 is 23.3 Å². The molecular weight excluding hydrogens is 533 g/mol. The predicted octanol–water partition coefficient (Wildman–Crippen LogP) is 6.47. The maximum absolute atomic E-state index is 13.8. The van der Waals surface area contributed by atoms with Gasteiger partial charge in [0.1, 0.15) is 0 Å². The van der Waals surface area contributed by atoms with E-state index in [-0.39, 0.29) is 35.7 Å². The lowest BCUT2D eigenvalue weighted by Gasteiger charge is -2.54. The normalized spacial score (nSPS) is 30.7. The van der Waals surface area contributed by atoms with Crippen molar-refractivity contribution in [3.05, 3.63) is 58.2 Å². The lowest BCUT2D eigenvalue weighted by Crippen LogP contribution is -2.51. The molecule has 0 unspecified atom stereocenters. The number of carbonyl (C=O) groups excluding carboxylic acids is 4. The first-order valence-corrected chi connectivity index (χ1v) is 14.1. The first-order valence-electron chi connectivity index (χ1n) is 14.1. The van der Waals surface area contributed by atoms with Crippen molar-refractivity contribution in [3.63, 3.8) is 0 Å². The molecule has 2 saturated carbocycles. The average molecular weight is 567 g/mol.